The van der Waals surface area contributed by atoms with Crippen molar-refractivity contribution in [1.29, 1.82) is 0 Å². The average Bonchev–Trinajstić information content (AvgIpc) is 3.11. The lowest BCUT2D eigenvalue weighted by Crippen LogP contribution is -2.31. The van der Waals surface area contributed by atoms with Crippen molar-refractivity contribution in [3.63, 3.8) is 0 Å². The van der Waals surface area contributed by atoms with E-state index in [1.54, 1.807) is 43.0 Å². The van der Waals surface area contributed by atoms with Crippen LogP contribution in [-0.2, 0) is 4.79 Å². The molecule has 4 N–H and O–H groups in total. The number of aromatic nitrogens is 3. The number of benzene rings is 2. The zero-order valence-electron chi connectivity index (χ0n) is 15.4. The number of allylic oxidation sites excluding steroid dienone is 1. The second kappa shape index (κ2) is 6.73. The Morgan fingerprint density at radius 2 is 1.86 bits per heavy atom. The summed E-state index contributed by atoms with van der Waals surface area (Å²) in [5.74, 6) is 1.34. The van der Waals surface area contributed by atoms with Crippen molar-refractivity contribution in [1.82, 2.24) is 14.8 Å². The first-order valence-electron chi connectivity index (χ1n) is 8.65. The fourth-order valence-electron chi connectivity index (χ4n) is 3.30. The largest absolute Gasteiger partial charge is 0.508 e. The van der Waals surface area contributed by atoms with Gasteiger partial charge in [0.1, 0.15) is 17.5 Å². The van der Waals surface area contributed by atoms with Gasteiger partial charge in [-0.05, 0) is 48.9 Å². The van der Waals surface area contributed by atoms with Crippen molar-refractivity contribution in [3.05, 3.63) is 65.4 Å². The van der Waals surface area contributed by atoms with Crippen LogP contribution < -0.4 is 15.8 Å². The lowest BCUT2D eigenvalue weighted by Gasteiger charge is -2.27. The Balaban J connectivity index is 1.83. The molecule has 1 aromatic heterocycles. The third-order valence-corrected chi connectivity index (χ3v) is 4.68. The normalized spacial score (nSPS) is 15.7. The number of fused-ring (bicyclic) bond motifs is 1. The van der Waals surface area contributed by atoms with E-state index < -0.39 is 11.9 Å². The molecule has 0 radical (unpaired) electrons. The lowest BCUT2D eigenvalue weighted by atomic mass is 9.95. The van der Waals surface area contributed by atoms with E-state index in [1.165, 1.54) is 0 Å². The molecule has 1 aliphatic heterocycles. The van der Waals surface area contributed by atoms with Gasteiger partial charge in [-0.15, -0.1) is 5.10 Å². The molecule has 0 spiro atoms. The van der Waals surface area contributed by atoms with Gasteiger partial charge in [0.15, 0.2) is 5.82 Å². The average molecular weight is 377 g/mol. The highest BCUT2D eigenvalue weighted by molar-refractivity contribution is 5.95. The molecule has 0 fully saturated rings. The van der Waals surface area contributed by atoms with Crippen LogP contribution in [0.1, 0.15) is 18.5 Å². The van der Waals surface area contributed by atoms with Crippen LogP contribution in [0.5, 0.6) is 11.5 Å². The predicted octanol–water partition coefficient (Wildman–Crippen LogP) is 2.43. The van der Waals surface area contributed by atoms with Crippen LogP contribution in [0.15, 0.2) is 59.8 Å². The van der Waals surface area contributed by atoms with E-state index in [-0.39, 0.29) is 5.75 Å². The van der Waals surface area contributed by atoms with Crippen LogP contribution in [0.4, 0.5) is 5.95 Å². The summed E-state index contributed by atoms with van der Waals surface area (Å²) in [4.78, 5) is 16.8. The number of nitrogens with two attached hydrogens (primary N) is 1. The second-order valence-electron chi connectivity index (χ2n) is 6.45. The fourth-order valence-corrected chi connectivity index (χ4v) is 3.30. The van der Waals surface area contributed by atoms with E-state index in [2.05, 4.69) is 15.4 Å². The molecular formula is C20H19N5O3. The van der Waals surface area contributed by atoms with Crippen LogP contribution in [-0.4, -0.2) is 32.9 Å². The van der Waals surface area contributed by atoms with Crippen molar-refractivity contribution in [2.24, 2.45) is 5.73 Å². The predicted molar refractivity (Wildman–Crippen MR) is 104 cm³/mol. The number of anilines is 1. The number of phenols is 1. The first-order chi connectivity index (χ1) is 13.5. The quantitative estimate of drug-likeness (QED) is 0.643. The first-order valence-corrected chi connectivity index (χ1v) is 8.65. The van der Waals surface area contributed by atoms with E-state index in [9.17, 15) is 9.90 Å². The van der Waals surface area contributed by atoms with E-state index in [4.69, 9.17) is 10.5 Å². The Labute approximate surface area is 161 Å². The minimum Gasteiger partial charge on any atom is -0.508 e. The number of nitrogens with one attached hydrogen (secondary N) is 1. The third-order valence-electron chi connectivity index (χ3n) is 4.68. The van der Waals surface area contributed by atoms with E-state index in [0.29, 0.717) is 23.0 Å². The molecule has 4 rings (SSSR count). The number of aromatic hydroxyl groups is 1. The van der Waals surface area contributed by atoms with E-state index in [1.807, 2.05) is 24.3 Å². The van der Waals surface area contributed by atoms with Crippen LogP contribution >= 0.6 is 0 Å². The molecule has 8 heteroatoms. The van der Waals surface area contributed by atoms with Crippen LogP contribution in [0.25, 0.3) is 11.4 Å². The molecule has 1 aliphatic rings. The van der Waals surface area contributed by atoms with Gasteiger partial charge in [-0.1, -0.05) is 12.1 Å². The van der Waals surface area contributed by atoms with Gasteiger partial charge in [0.25, 0.3) is 0 Å². The number of hydrogen-bond acceptors (Lipinski definition) is 6. The zero-order valence-corrected chi connectivity index (χ0v) is 15.4. The standard InChI is InChI=1S/C20H19N5O3/c1-11-16(18(21)27)17(12-3-7-14(26)8-4-12)25-20(22-11)23-19(24-25)13-5-9-15(28-2)10-6-13/h3-10,17,26H,1-2H3,(H2,21,27)(H,22,23,24)/t17-/m0/s1. The van der Waals surface area contributed by atoms with Crippen molar-refractivity contribution in [2.75, 3.05) is 12.4 Å². The maximum Gasteiger partial charge on any atom is 0.248 e. The van der Waals surface area contributed by atoms with Crippen LogP contribution in [0.2, 0.25) is 0 Å². The van der Waals surface area contributed by atoms with E-state index in [0.717, 1.165) is 16.9 Å². The number of methoxy groups -OCH3 is 1. The molecule has 0 bridgehead atoms. The van der Waals surface area contributed by atoms with Gasteiger partial charge in [-0.25, -0.2) is 4.68 Å². The molecule has 0 saturated heterocycles. The Hall–Kier alpha value is -3.81. The number of rotatable bonds is 4. The Bertz CT molecular complexity index is 1070. The van der Waals surface area contributed by atoms with Crippen molar-refractivity contribution < 1.29 is 14.6 Å². The fraction of sp³-hybridized carbons (Fsp3) is 0.150. The third kappa shape index (κ3) is 2.94. The molecule has 0 unspecified atom stereocenters. The van der Waals surface area contributed by atoms with Gasteiger partial charge in [-0.2, -0.15) is 4.98 Å². The molecule has 1 amide bonds. The number of ether oxygens (including phenoxy) is 1. The molecule has 2 aromatic carbocycles. The Morgan fingerprint density at radius 1 is 1.18 bits per heavy atom. The van der Waals surface area contributed by atoms with E-state index >= 15 is 0 Å². The summed E-state index contributed by atoms with van der Waals surface area (Å²) in [5, 5.41) is 17.3. The Morgan fingerprint density at radius 3 is 2.46 bits per heavy atom. The summed E-state index contributed by atoms with van der Waals surface area (Å²) in [6.45, 7) is 1.78. The molecular weight excluding hydrogens is 358 g/mol. The van der Waals surface area contributed by atoms with Crippen molar-refractivity contribution >= 4 is 11.9 Å². The summed E-state index contributed by atoms with van der Waals surface area (Å²) < 4.78 is 6.83. The number of carbonyl (C=O) groups excluding carboxylic acids is 1. The highest BCUT2D eigenvalue weighted by atomic mass is 16.5. The second-order valence-corrected chi connectivity index (χ2v) is 6.45. The highest BCUT2D eigenvalue weighted by Crippen LogP contribution is 2.36. The maximum absolute atomic E-state index is 12.2. The maximum atomic E-state index is 12.2. The SMILES string of the molecule is COc1ccc(-c2nc3n(n2)[C@@H](c2ccc(O)cc2)C(C(N)=O)=C(C)N3)cc1. The molecule has 3 aromatic rings. The first kappa shape index (κ1) is 17.6. The lowest BCUT2D eigenvalue weighted by molar-refractivity contribution is -0.115. The number of amides is 1. The minimum absolute atomic E-state index is 0.136. The summed E-state index contributed by atoms with van der Waals surface area (Å²) >= 11 is 0. The van der Waals surface area contributed by atoms with Gasteiger partial charge >= 0.3 is 0 Å². The minimum atomic E-state index is -0.547. The number of carbonyl (C=O) groups is 1. The summed E-state index contributed by atoms with van der Waals surface area (Å²) in [5.41, 5.74) is 8.25. The molecule has 8 nitrogen and oxygen atoms in total. The molecule has 0 saturated carbocycles. The van der Waals surface area contributed by atoms with Crippen molar-refractivity contribution in [2.45, 2.75) is 13.0 Å². The Kier molecular flexibility index (Phi) is 4.23. The molecule has 28 heavy (non-hydrogen) atoms. The van der Waals surface area contributed by atoms with Crippen LogP contribution in [0, 0.1) is 0 Å². The van der Waals surface area contributed by atoms with Crippen LogP contribution in [0.3, 0.4) is 0 Å². The van der Waals surface area contributed by atoms with Gasteiger partial charge in [0, 0.05) is 11.3 Å². The van der Waals surface area contributed by atoms with Gasteiger partial charge < -0.3 is 20.9 Å². The van der Waals surface area contributed by atoms with Crippen molar-refractivity contribution in [3.8, 4) is 22.9 Å². The molecule has 0 aliphatic carbocycles. The topological polar surface area (TPSA) is 115 Å². The monoisotopic (exact) mass is 377 g/mol. The van der Waals surface area contributed by atoms with Gasteiger partial charge in [0.05, 0.1) is 12.7 Å². The number of nitrogens with zero attached hydrogens (tertiary/aromatic N) is 3. The number of hydrogen-bond donors (Lipinski definition) is 3. The molecule has 2 heterocycles. The summed E-state index contributed by atoms with van der Waals surface area (Å²) in [6.07, 6.45) is 0. The number of phenolic OH excluding ortho intramolecular Hbond substituents is 1. The smallest absolute Gasteiger partial charge is 0.248 e. The highest BCUT2D eigenvalue weighted by Gasteiger charge is 2.33. The molecule has 1 atom stereocenters. The zero-order chi connectivity index (χ0) is 19.8. The summed E-state index contributed by atoms with van der Waals surface area (Å²) in [7, 11) is 1.61. The number of primary amides is 1. The van der Waals surface area contributed by atoms with Gasteiger partial charge in [-0.3, -0.25) is 4.79 Å². The van der Waals surface area contributed by atoms with Gasteiger partial charge in [0.2, 0.25) is 11.9 Å². The summed E-state index contributed by atoms with van der Waals surface area (Å²) in [6, 6.07) is 13.4. The molecule has 142 valence electrons.